The zero-order valence-corrected chi connectivity index (χ0v) is 17.1. The molecule has 3 aliphatic rings. The second-order valence-corrected chi connectivity index (χ2v) is 8.49. The Morgan fingerprint density at radius 1 is 1.03 bits per heavy atom. The highest BCUT2D eigenvalue weighted by atomic mass is 19.1. The Labute approximate surface area is 175 Å². The maximum atomic E-state index is 13.2. The lowest BCUT2D eigenvalue weighted by atomic mass is 9.96. The number of carbonyl (C=O) groups is 1. The molecule has 0 spiro atoms. The molecule has 7 heteroatoms. The van der Waals surface area contributed by atoms with E-state index in [0.29, 0.717) is 12.5 Å². The van der Waals surface area contributed by atoms with Gasteiger partial charge in [-0.15, -0.1) is 0 Å². The van der Waals surface area contributed by atoms with Gasteiger partial charge in [-0.2, -0.15) is 0 Å². The molecule has 2 aromatic carbocycles. The van der Waals surface area contributed by atoms with Gasteiger partial charge in [0.1, 0.15) is 12.0 Å². The van der Waals surface area contributed by atoms with Gasteiger partial charge < -0.3 is 5.01 Å². The first-order valence-electron chi connectivity index (χ1n) is 10.4. The number of halogens is 1. The van der Waals surface area contributed by atoms with Crippen molar-refractivity contribution in [1.29, 1.82) is 0 Å². The number of nitrogens with one attached hydrogen (secondary N) is 2. The average molecular weight is 407 g/mol. The molecule has 3 unspecified atom stereocenters. The molecule has 0 aromatic heterocycles. The van der Waals surface area contributed by atoms with Gasteiger partial charge in [-0.25, -0.2) is 20.0 Å². The normalized spacial score (nSPS) is 25.3. The fourth-order valence-electron chi connectivity index (χ4n) is 4.43. The summed E-state index contributed by atoms with van der Waals surface area (Å²) in [6.07, 6.45) is 4.50. The Morgan fingerprint density at radius 2 is 1.77 bits per heavy atom. The van der Waals surface area contributed by atoms with Gasteiger partial charge in [-0.1, -0.05) is 50.2 Å². The van der Waals surface area contributed by atoms with Crippen LogP contribution in [0.25, 0.3) is 0 Å². The van der Waals surface area contributed by atoms with Crippen molar-refractivity contribution in [2.45, 2.75) is 51.0 Å². The Bertz CT molecular complexity index is 959. The zero-order valence-electron chi connectivity index (χ0n) is 17.1. The number of benzene rings is 2. The van der Waals surface area contributed by atoms with Crippen molar-refractivity contribution < 1.29 is 9.18 Å². The van der Waals surface area contributed by atoms with E-state index in [1.165, 1.54) is 23.3 Å². The lowest BCUT2D eigenvalue weighted by molar-refractivity contribution is 0.132. The van der Waals surface area contributed by atoms with E-state index < -0.39 is 0 Å². The molecule has 2 fully saturated rings. The van der Waals surface area contributed by atoms with Crippen molar-refractivity contribution in [2.75, 3.05) is 0 Å². The molecule has 5 rings (SSSR count). The van der Waals surface area contributed by atoms with E-state index >= 15 is 0 Å². The van der Waals surface area contributed by atoms with Crippen LogP contribution in [0.15, 0.2) is 60.9 Å². The predicted octanol–water partition coefficient (Wildman–Crippen LogP) is 3.82. The van der Waals surface area contributed by atoms with Gasteiger partial charge in [0.25, 0.3) is 0 Å². The summed E-state index contributed by atoms with van der Waals surface area (Å²) in [5.74, 6) is 0.235. The SMILES string of the molecule is CC(C)c1ccc(C2CC3C4NN(Cc5ccc(F)cc5)C(=O)N4C=CN3N2)cc1. The fraction of sp³-hybridized carbons (Fsp3) is 0.348. The minimum Gasteiger partial charge on any atom is -0.307 e. The topological polar surface area (TPSA) is 50.9 Å². The molecule has 2 N–H and O–H groups in total. The highest BCUT2D eigenvalue weighted by molar-refractivity contribution is 5.77. The number of amides is 2. The summed E-state index contributed by atoms with van der Waals surface area (Å²) in [5.41, 5.74) is 10.4. The number of hydrogen-bond donors (Lipinski definition) is 2. The van der Waals surface area contributed by atoms with Gasteiger partial charge in [0, 0.05) is 12.4 Å². The highest BCUT2D eigenvalue weighted by Gasteiger charge is 2.48. The summed E-state index contributed by atoms with van der Waals surface area (Å²) in [5, 5.41) is 3.71. The zero-order chi connectivity index (χ0) is 20.8. The summed E-state index contributed by atoms with van der Waals surface area (Å²) in [7, 11) is 0. The molecule has 2 amide bonds. The van der Waals surface area contributed by atoms with Crippen molar-refractivity contribution in [1.82, 2.24) is 25.8 Å². The Hall–Kier alpha value is -2.90. The smallest absolute Gasteiger partial charge is 0.307 e. The van der Waals surface area contributed by atoms with Crippen LogP contribution in [-0.2, 0) is 6.54 Å². The standard InChI is InChI=1S/C23H26FN5O/c1-15(2)17-5-7-18(8-6-17)20-13-21-22-26-29(14-16-3-9-19(24)10-4-16)23(30)27(22)11-12-28(21)25-20/h3-12,15,20-22,25-26H,13-14H2,1-2H3. The molecule has 0 saturated carbocycles. The molecular weight excluding hydrogens is 381 g/mol. The Kier molecular flexibility index (Phi) is 4.72. The second-order valence-electron chi connectivity index (χ2n) is 8.49. The van der Waals surface area contributed by atoms with E-state index in [1.807, 2.05) is 12.4 Å². The number of hydrogen-bond acceptors (Lipinski definition) is 4. The largest absolute Gasteiger partial charge is 0.340 e. The lowest BCUT2D eigenvalue weighted by Crippen LogP contribution is -2.53. The number of nitrogens with zero attached hydrogens (tertiary/aromatic N) is 3. The number of carbonyl (C=O) groups excluding carboxylic acids is 1. The van der Waals surface area contributed by atoms with Crippen molar-refractivity contribution >= 4 is 6.03 Å². The summed E-state index contributed by atoms with van der Waals surface area (Å²) in [4.78, 5) is 14.6. The van der Waals surface area contributed by atoms with Crippen molar-refractivity contribution in [3.63, 3.8) is 0 Å². The average Bonchev–Trinajstić information content (AvgIpc) is 3.31. The minimum atomic E-state index is -0.278. The van der Waals surface area contributed by atoms with Crippen LogP contribution in [0.5, 0.6) is 0 Å². The van der Waals surface area contributed by atoms with Crippen LogP contribution in [0.4, 0.5) is 9.18 Å². The predicted molar refractivity (Wildman–Crippen MR) is 112 cm³/mol. The van der Waals surface area contributed by atoms with Crippen LogP contribution in [0, 0.1) is 5.82 Å². The van der Waals surface area contributed by atoms with Gasteiger partial charge in [0.2, 0.25) is 0 Å². The number of rotatable bonds is 4. The van der Waals surface area contributed by atoms with Crippen molar-refractivity contribution in [2.24, 2.45) is 0 Å². The van der Waals surface area contributed by atoms with Crippen LogP contribution in [0.2, 0.25) is 0 Å². The fourth-order valence-corrected chi connectivity index (χ4v) is 4.43. The van der Waals surface area contributed by atoms with Crippen LogP contribution in [0.1, 0.15) is 48.9 Å². The Balaban J connectivity index is 1.30. The third-order valence-electron chi connectivity index (χ3n) is 6.19. The number of fused-ring (bicyclic) bond motifs is 3. The van der Waals surface area contributed by atoms with Crippen molar-refractivity contribution in [3.05, 3.63) is 83.4 Å². The summed E-state index contributed by atoms with van der Waals surface area (Å²) in [6, 6.07) is 15.3. The highest BCUT2D eigenvalue weighted by Crippen LogP contribution is 2.35. The van der Waals surface area contributed by atoms with Crippen molar-refractivity contribution in [3.8, 4) is 0 Å². The maximum absolute atomic E-state index is 13.2. The molecule has 3 atom stereocenters. The first-order chi connectivity index (χ1) is 14.5. The summed E-state index contributed by atoms with van der Waals surface area (Å²) >= 11 is 0. The lowest BCUT2D eigenvalue weighted by Gasteiger charge is -2.34. The minimum absolute atomic E-state index is 0.0926. The number of urea groups is 1. The third kappa shape index (κ3) is 3.34. The molecule has 6 nitrogen and oxygen atoms in total. The molecular formula is C23H26FN5O. The van der Waals surface area contributed by atoms with E-state index in [-0.39, 0.29) is 30.1 Å². The molecule has 3 aliphatic heterocycles. The van der Waals surface area contributed by atoms with Gasteiger partial charge in [-0.3, -0.25) is 9.91 Å². The molecule has 30 heavy (non-hydrogen) atoms. The van der Waals surface area contributed by atoms with Crippen LogP contribution in [0.3, 0.4) is 0 Å². The van der Waals surface area contributed by atoms with Gasteiger partial charge in [0.05, 0.1) is 18.6 Å². The first kappa shape index (κ1) is 19.1. The molecule has 2 aromatic rings. The number of hydrazine groups is 2. The van der Waals surface area contributed by atoms with Gasteiger partial charge in [0.15, 0.2) is 0 Å². The first-order valence-corrected chi connectivity index (χ1v) is 10.4. The molecule has 0 bridgehead atoms. The summed E-state index contributed by atoms with van der Waals surface area (Å²) < 4.78 is 13.2. The quantitative estimate of drug-likeness (QED) is 0.809. The van der Waals surface area contributed by atoms with E-state index in [2.05, 4.69) is 54.0 Å². The Morgan fingerprint density at radius 3 is 2.47 bits per heavy atom. The molecule has 0 radical (unpaired) electrons. The molecule has 3 heterocycles. The van der Waals surface area contributed by atoms with E-state index in [9.17, 15) is 9.18 Å². The van der Waals surface area contributed by atoms with Crippen LogP contribution >= 0.6 is 0 Å². The summed E-state index contributed by atoms with van der Waals surface area (Å²) in [6.45, 7) is 4.78. The molecule has 0 aliphatic carbocycles. The van der Waals surface area contributed by atoms with Crippen LogP contribution < -0.4 is 10.9 Å². The monoisotopic (exact) mass is 407 g/mol. The van der Waals surface area contributed by atoms with E-state index in [4.69, 9.17) is 0 Å². The third-order valence-corrected chi connectivity index (χ3v) is 6.19. The van der Waals surface area contributed by atoms with Crippen LogP contribution in [-0.4, -0.2) is 33.2 Å². The van der Waals surface area contributed by atoms with Gasteiger partial charge in [-0.05, 0) is 41.2 Å². The second kappa shape index (κ2) is 7.41. The molecule has 2 saturated heterocycles. The van der Waals surface area contributed by atoms with E-state index in [0.717, 1.165) is 12.0 Å². The molecule has 156 valence electrons. The van der Waals surface area contributed by atoms with E-state index in [1.54, 1.807) is 22.0 Å². The maximum Gasteiger partial charge on any atom is 0.340 e. The van der Waals surface area contributed by atoms with Gasteiger partial charge >= 0.3 is 6.03 Å².